The molecule has 0 aliphatic rings. The van der Waals surface area contributed by atoms with Crippen LogP contribution in [0.1, 0.15) is 28.4 Å². The first kappa shape index (κ1) is 24.6. The second-order valence-corrected chi connectivity index (χ2v) is 9.87. The van der Waals surface area contributed by atoms with Gasteiger partial charge in [-0.05, 0) is 44.5 Å². The lowest BCUT2D eigenvalue weighted by molar-refractivity contribution is 0.122. The molecular formula is C38H30O. The molecule has 0 aliphatic carbocycles. The quantitative estimate of drug-likeness (QED) is 0.216. The molecule has 188 valence electrons. The molecular weight excluding hydrogens is 472 g/mol. The summed E-state index contributed by atoms with van der Waals surface area (Å²) in [5.74, 6) is 0. The molecule has 6 aromatic rings. The van der Waals surface area contributed by atoms with Crippen LogP contribution in [0.2, 0.25) is 0 Å². The standard InChI is InChI=1S/C38H30O/c39-37(33-17-9-3-10-18-33)38(34-19-11-4-12-20-34,35-25-21-31(22-26-35)29-13-5-1-6-14-29)36-27-23-32(24-28-36)30-15-7-2-8-16-30/h1-28,37,39H/t37-/m0/s1. The maximum atomic E-state index is 12.4. The van der Waals surface area contributed by atoms with Crippen LogP contribution < -0.4 is 0 Å². The first-order valence-electron chi connectivity index (χ1n) is 13.4. The lowest BCUT2D eigenvalue weighted by Gasteiger charge is -2.40. The van der Waals surface area contributed by atoms with Gasteiger partial charge in [0.15, 0.2) is 0 Å². The van der Waals surface area contributed by atoms with Gasteiger partial charge in [0.1, 0.15) is 0 Å². The van der Waals surface area contributed by atoms with Crippen molar-refractivity contribution in [3.05, 3.63) is 192 Å². The normalized spacial score (nSPS) is 12.1. The molecule has 1 nitrogen and oxygen atoms in total. The molecule has 0 bridgehead atoms. The summed E-state index contributed by atoms with van der Waals surface area (Å²) in [5.41, 5.74) is 7.81. The second kappa shape index (κ2) is 10.9. The maximum Gasteiger partial charge on any atom is 0.0968 e. The predicted octanol–water partition coefficient (Wildman–Crippen LogP) is 9.09. The number of aliphatic hydroxyl groups excluding tert-OH is 1. The lowest BCUT2D eigenvalue weighted by Crippen LogP contribution is -2.36. The first-order valence-corrected chi connectivity index (χ1v) is 13.4. The molecule has 0 unspecified atom stereocenters. The van der Waals surface area contributed by atoms with Crippen molar-refractivity contribution in [3.63, 3.8) is 0 Å². The van der Waals surface area contributed by atoms with Crippen LogP contribution in [0, 0.1) is 0 Å². The third kappa shape index (κ3) is 4.69. The van der Waals surface area contributed by atoms with Gasteiger partial charge in [0.25, 0.3) is 0 Å². The second-order valence-electron chi connectivity index (χ2n) is 9.87. The summed E-state index contributed by atoms with van der Waals surface area (Å²) in [6, 6.07) is 58.6. The summed E-state index contributed by atoms with van der Waals surface area (Å²) in [5, 5.41) is 12.4. The van der Waals surface area contributed by atoms with Crippen molar-refractivity contribution in [2.75, 3.05) is 0 Å². The van der Waals surface area contributed by atoms with E-state index in [0.717, 1.165) is 33.4 Å². The van der Waals surface area contributed by atoms with Crippen molar-refractivity contribution in [2.45, 2.75) is 11.5 Å². The van der Waals surface area contributed by atoms with E-state index in [9.17, 15) is 5.11 Å². The van der Waals surface area contributed by atoms with E-state index in [2.05, 4.69) is 121 Å². The zero-order chi connectivity index (χ0) is 26.5. The van der Waals surface area contributed by atoms with Crippen LogP contribution in [-0.2, 0) is 5.41 Å². The first-order chi connectivity index (χ1) is 19.3. The van der Waals surface area contributed by atoms with Crippen molar-refractivity contribution >= 4 is 0 Å². The molecule has 0 saturated carbocycles. The smallest absolute Gasteiger partial charge is 0.0968 e. The fourth-order valence-electron chi connectivity index (χ4n) is 5.67. The Morgan fingerprint density at radius 1 is 0.333 bits per heavy atom. The van der Waals surface area contributed by atoms with E-state index in [1.807, 2.05) is 48.5 Å². The highest BCUT2D eigenvalue weighted by molar-refractivity contribution is 5.67. The highest BCUT2D eigenvalue weighted by Crippen LogP contribution is 2.49. The molecule has 0 heterocycles. The van der Waals surface area contributed by atoms with Crippen molar-refractivity contribution < 1.29 is 5.11 Å². The summed E-state index contributed by atoms with van der Waals surface area (Å²) >= 11 is 0. The van der Waals surface area contributed by atoms with Crippen molar-refractivity contribution in [1.82, 2.24) is 0 Å². The lowest BCUT2D eigenvalue weighted by atomic mass is 9.64. The van der Waals surface area contributed by atoms with Crippen LogP contribution >= 0.6 is 0 Å². The Hall–Kier alpha value is -4.72. The molecule has 0 spiro atoms. The molecule has 0 fully saturated rings. The van der Waals surface area contributed by atoms with Gasteiger partial charge in [-0.25, -0.2) is 0 Å². The topological polar surface area (TPSA) is 20.2 Å². The minimum Gasteiger partial charge on any atom is -0.387 e. The van der Waals surface area contributed by atoms with Gasteiger partial charge in [-0.3, -0.25) is 0 Å². The Balaban J connectivity index is 1.57. The van der Waals surface area contributed by atoms with Crippen LogP contribution in [-0.4, -0.2) is 5.11 Å². The molecule has 0 aliphatic heterocycles. The zero-order valence-corrected chi connectivity index (χ0v) is 21.7. The van der Waals surface area contributed by atoms with E-state index >= 15 is 0 Å². The van der Waals surface area contributed by atoms with E-state index in [0.29, 0.717) is 0 Å². The minimum absolute atomic E-state index is 0.814. The molecule has 1 N–H and O–H groups in total. The highest BCUT2D eigenvalue weighted by Gasteiger charge is 2.44. The van der Waals surface area contributed by atoms with E-state index in [1.54, 1.807) is 0 Å². The van der Waals surface area contributed by atoms with Crippen molar-refractivity contribution in [1.29, 1.82) is 0 Å². The minimum atomic E-state index is -0.826. The van der Waals surface area contributed by atoms with Gasteiger partial charge in [-0.2, -0.15) is 0 Å². The van der Waals surface area contributed by atoms with Gasteiger partial charge in [0.2, 0.25) is 0 Å². The monoisotopic (exact) mass is 502 g/mol. The fraction of sp³-hybridized carbons (Fsp3) is 0.0526. The summed E-state index contributed by atoms with van der Waals surface area (Å²) in [6.07, 6.45) is -0.814. The SMILES string of the molecule is O[C@@H](c1ccccc1)C(c1ccccc1)(c1ccc(-c2ccccc2)cc1)c1ccc(-c2ccccc2)cc1. The van der Waals surface area contributed by atoms with Crippen LogP contribution in [0.25, 0.3) is 22.3 Å². The van der Waals surface area contributed by atoms with Gasteiger partial charge in [-0.15, -0.1) is 0 Å². The largest absolute Gasteiger partial charge is 0.387 e. The zero-order valence-electron chi connectivity index (χ0n) is 21.7. The van der Waals surface area contributed by atoms with E-state index < -0.39 is 11.5 Å². The summed E-state index contributed by atoms with van der Waals surface area (Å²) in [7, 11) is 0. The van der Waals surface area contributed by atoms with Crippen molar-refractivity contribution in [3.8, 4) is 22.3 Å². The molecule has 0 amide bonds. The maximum absolute atomic E-state index is 12.4. The molecule has 39 heavy (non-hydrogen) atoms. The Morgan fingerprint density at radius 3 is 1.05 bits per heavy atom. The van der Waals surface area contributed by atoms with Crippen LogP contribution in [0.5, 0.6) is 0 Å². The van der Waals surface area contributed by atoms with Gasteiger partial charge >= 0.3 is 0 Å². The Kier molecular flexibility index (Phi) is 6.91. The average molecular weight is 503 g/mol. The fourth-order valence-corrected chi connectivity index (χ4v) is 5.67. The molecule has 6 rings (SSSR count). The molecule has 0 radical (unpaired) electrons. The van der Waals surface area contributed by atoms with E-state index in [-0.39, 0.29) is 0 Å². The Bertz CT molecular complexity index is 1520. The predicted molar refractivity (Wildman–Crippen MR) is 161 cm³/mol. The number of hydrogen-bond donors (Lipinski definition) is 1. The molecule has 1 atom stereocenters. The molecule has 6 aromatic carbocycles. The number of aliphatic hydroxyl groups is 1. The molecule has 0 saturated heterocycles. The van der Waals surface area contributed by atoms with E-state index in [1.165, 1.54) is 11.1 Å². The van der Waals surface area contributed by atoms with Crippen LogP contribution in [0.4, 0.5) is 0 Å². The highest BCUT2D eigenvalue weighted by atomic mass is 16.3. The number of rotatable bonds is 7. The third-order valence-electron chi connectivity index (χ3n) is 7.65. The Morgan fingerprint density at radius 2 is 0.641 bits per heavy atom. The summed E-state index contributed by atoms with van der Waals surface area (Å²) < 4.78 is 0. The number of hydrogen-bond acceptors (Lipinski definition) is 1. The van der Waals surface area contributed by atoms with Crippen molar-refractivity contribution in [2.24, 2.45) is 0 Å². The average Bonchev–Trinajstić information content (AvgIpc) is 3.04. The van der Waals surface area contributed by atoms with Gasteiger partial charge in [0.05, 0.1) is 11.5 Å². The molecule has 0 aromatic heterocycles. The van der Waals surface area contributed by atoms with Gasteiger partial charge < -0.3 is 5.11 Å². The third-order valence-corrected chi connectivity index (χ3v) is 7.65. The summed E-state index contributed by atoms with van der Waals surface area (Å²) in [4.78, 5) is 0. The van der Waals surface area contributed by atoms with Crippen LogP contribution in [0.15, 0.2) is 170 Å². The van der Waals surface area contributed by atoms with Crippen LogP contribution in [0.3, 0.4) is 0 Å². The van der Waals surface area contributed by atoms with E-state index in [4.69, 9.17) is 0 Å². The summed E-state index contributed by atoms with van der Waals surface area (Å²) in [6.45, 7) is 0. The number of benzene rings is 6. The molecule has 1 heteroatoms. The van der Waals surface area contributed by atoms with Gasteiger partial charge in [-0.1, -0.05) is 170 Å². The Labute approximate surface area is 230 Å². The van der Waals surface area contributed by atoms with Gasteiger partial charge in [0, 0.05) is 0 Å².